The highest BCUT2D eigenvalue weighted by Crippen LogP contribution is 2.29. The summed E-state index contributed by atoms with van der Waals surface area (Å²) in [4.78, 5) is 10.9. The van der Waals surface area contributed by atoms with Crippen LogP contribution in [0.25, 0.3) is 0 Å². The molecule has 1 saturated heterocycles. The molecule has 0 radical (unpaired) electrons. The standard InChI is InChI=1S/C13H17NO6S2/c1-9-5-6-10(21(2,17)18)8-12(9)22(19,20)14-7-3-4-11(14)13(15)16/h5-6,8,11H,3-4,7H2,1-2H3,(H,15,16)/t11-/m1/s1. The zero-order valence-electron chi connectivity index (χ0n) is 12.2. The Morgan fingerprint density at radius 2 is 1.91 bits per heavy atom. The first-order valence-electron chi connectivity index (χ1n) is 6.60. The molecule has 122 valence electrons. The van der Waals surface area contributed by atoms with Gasteiger partial charge in [0.15, 0.2) is 9.84 Å². The predicted octanol–water partition coefficient (Wildman–Crippen LogP) is 0.636. The monoisotopic (exact) mass is 347 g/mol. The van der Waals surface area contributed by atoms with Crippen LogP contribution in [-0.2, 0) is 24.7 Å². The summed E-state index contributed by atoms with van der Waals surface area (Å²) in [5, 5.41) is 9.15. The van der Waals surface area contributed by atoms with E-state index in [9.17, 15) is 21.6 Å². The van der Waals surface area contributed by atoms with E-state index in [1.165, 1.54) is 12.1 Å². The van der Waals surface area contributed by atoms with Crippen LogP contribution in [0, 0.1) is 6.92 Å². The van der Waals surface area contributed by atoms with E-state index in [0.29, 0.717) is 12.0 Å². The number of hydrogen-bond acceptors (Lipinski definition) is 5. The third-order valence-corrected chi connectivity index (χ3v) is 6.82. The number of sulfone groups is 1. The lowest BCUT2D eigenvalue weighted by molar-refractivity contribution is -0.140. The topological polar surface area (TPSA) is 109 Å². The Morgan fingerprint density at radius 1 is 1.27 bits per heavy atom. The number of carbonyl (C=O) groups is 1. The quantitative estimate of drug-likeness (QED) is 0.856. The lowest BCUT2D eigenvalue weighted by Gasteiger charge is -2.22. The first-order chi connectivity index (χ1) is 10.0. The van der Waals surface area contributed by atoms with Crippen molar-refractivity contribution in [2.45, 2.75) is 35.6 Å². The third-order valence-electron chi connectivity index (χ3n) is 3.66. The highest BCUT2D eigenvalue weighted by atomic mass is 32.2. The first kappa shape index (κ1) is 16.9. The van der Waals surface area contributed by atoms with Gasteiger partial charge in [0.2, 0.25) is 10.0 Å². The molecule has 0 amide bonds. The van der Waals surface area contributed by atoms with E-state index in [4.69, 9.17) is 5.11 Å². The van der Waals surface area contributed by atoms with Gasteiger partial charge in [-0.05, 0) is 37.5 Å². The van der Waals surface area contributed by atoms with Crippen LogP contribution in [0.5, 0.6) is 0 Å². The number of nitrogens with zero attached hydrogens (tertiary/aromatic N) is 1. The summed E-state index contributed by atoms with van der Waals surface area (Å²) in [6.45, 7) is 1.66. The molecule has 0 aliphatic carbocycles. The van der Waals surface area contributed by atoms with E-state index >= 15 is 0 Å². The fourth-order valence-electron chi connectivity index (χ4n) is 2.49. The number of aryl methyl sites for hydroxylation is 1. The molecule has 1 aliphatic heterocycles. The Labute approximate surface area is 129 Å². The van der Waals surface area contributed by atoms with Gasteiger partial charge in [0.05, 0.1) is 9.79 Å². The molecule has 7 nitrogen and oxygen atoms in total. The van der Waals surface area contributed by atoms with Gasteiger partial charge >= 0.3 is 5.97 Å². The summed E-state index contributed by atoms with van der Waals surface area (Å²) in [6.07, 6.45) is 1.70. The molecule has 1 heterocycles. The molecule has 1 aromatic carbocycles. The van der Waals surface area contributed by atoms with Crippen LogP contribution in [0.3, 0.4) is 0 Å². The minimum absolute atomic E-state index is 0.109. The molecule has 0 spiro atoms. The molecule has 1 fully saturated rings. The van der Waals surface area contributed by atoms with Gasteiger partial charge in [-0.15, -0.1) is 0 Å². The van der Waals surface area contributed by atoms with Gasteiger partial charge in [-0.25, -0.2) is 16.8 Å². The van der Waals surface area contributed by atoms with Gasteiger partial charge in [-0.3, -0.25) is 4.79 Å². The molecule has 1 aliphatic rings. The van der Waals surface area contributed by atoms with Gasteiger partial charge in [0.25, 0.3) is 0 Å². The number of hydrogen-bond donors (Lipinski definition) is 1. The van der Waals surface area contributed by atoms with Crippen LogP contribution in [0.2, 0.25) is 0 Å². The van der Waals surface area contributed by atoms with Crippen molar-refractivity contribution in [2.24, 2.45) is 0 Å². The lowest BCUT2D eigenvalue weighted by Crippen LogP contribution is -2.40. The van der Waals surface area contributed by atoms with Crippen molar-refractivity contribution < 1.29 is 26.7 Å². The van der Waals surface area contributed by atoms with E-state index in [2.05, 4.69) is 0 Å². The third kappa shape index (κ3) is 3.01. The highest BCUT2D eigenvalue weighted by Gasteiger charge is 2.40. The Morgan fingerprint density at radius 3 is 2.45 bits per heavy atom. The van der Waals surface area contributed by atoms with E-state index in [1.807, 2.05) is 0 Å². The van der Waals surface area contributed by atoms with Crippen LogP contribution in [0.15, 0.2) is 28.0 Å². The second-order valence-corrected chi connectivity index (χ2v) is 9.19. The Hall–Kier alpha value is -1.45. The molecular weight excluding hydrogens is 330 g/mol. The maximum atomic E-state index is 12.7. The summed E-state index contributed by atoms with van der Waals surface area (Å²) in [5.74, 6) is -1.20. The second-order valence-electron chi connectivity index (χ2n) is 5.31. The number of sulfonamides is 1. The maximum absolute atomic E-state index is 12.7. The van der Waals surface area contributed by atoms with Crippen molar-refractivity contribution in [1.82, 2.24) is 4.31 Å². The first-order valence-corrected chi connectivity index (χ1v) is 9.93. The lowest BCUT2D eigenvalue weighted by atomic mass is 10.2. The van der Waals surface area contributed by atoms with Crippen LogP contribution in [0.1, 0.15) is 18.4 Å². The molecule has 2 rings (SSSR count). The fourth-order valence-corrected chi connectivity index (χ4v) is 5.12. The van der Waals surface area contributed by atoms with Crippen molar-refractivity contribution in [1.29, 1.82) is 0 Å². The number of aliphatic carboxylic acids is 1. The Bertz CT molecular complexity index is 813. The molecule has 1 N–H and O–H groups in total. The normalized spacial score (nSPS) is 20.2. The molecule has 0 unspecified atom stereocenters. The van der Waals surface area contributed by atoms with Crippen LogP contribution in [-0.4, -0.2) is 51.1 Å². The zero-order valence-corrected chi connectivity index (χ0v) is 13.8. The SMILES string of the molecule is Cc1ccc(S(C)(=O)=O)cc1S(=O)(=O)N1CCC[C@@H]1C(=O)O. The molecular formula is C13H17NO6S2. The highest BCUT2D eigenvalue weighted by molar-refractivity contribution is 7.91. The van der Waals surface area contributed by atoms with Gasteiger partial charge in [0.1, 0.15) is 6.04 Å². The van der Waals surface area contributed by atoms with Crippen molar-refractivity contribution in [3.8, 4) is 0 Å². The number of carboxylic acid groups (broad SMARTS) is 1. The molecule has 22 heavy (non-hydrogen) atoms. The average molecular weight is 347 g/mol. The largest absolute Gasteiger partial charge is 0.480 e. The van der Waals surface area contributed by atoms with Crippen LogP contribution >= 0.6 is 0 Å². The van der Waals surface area contributed by atoms with Crippen molar-refractivity contribution in [2.75, 3.05) is 12.8 Å². The molecule has 1 atom stereocenters. The minimum Gasteiger partial charge on any atom is -0.480 e. The predicted molar refractivity (Wildman–Crippen MR) is 78.8 cm³/mol. The summed E-state index contributed by atoms with van der Waals surface area (Å²) >= 11 is 0. The Balaban J connectivity index is 2.57. The van der Waals surface area contributed by atoms with E-state index in [-0.39, 0.29) is 22.8 Å². The maximum Gasteiger partial charge on any atom is 0.322 e. The number of benzene rings is 1. The van der Waals surface area contributed by atoms with Gasteiger partial charge < -0.3 is 5.11 Å². The van der Waals surface area contributed by atoms with Crippen LogP contribution in [0.4, 0.5) is 0 Å². The number of carboxylic acids is 1. The van der Waals surface area contributed by atoms with Gasteiger partial charge in [-0.1, -0.05) is 6.07 Å². The Kier molecular flexibility index (Phi) is 4.33. The summed E-state index contributed by atoms with van der Waals surface area (Å²) in [5.41, 5.74) is 0.378. The van der Waals surface area contributed by atoms with Crippen molar-refractivity contribution in [3.63, 3.8) is 0 Å². The molecule has 0 bridgehead atoms. The summed E-state index contributed by atoms with van der Waals surface area (Å²) in [6, 6.07) is 2.74. The zero-order chi connectivity index (χ0) is 16.7. The summed E-state index contributed by atoms with van der Waals surface area (Å²) in [7, 11) is -7.61. The van der Waals surface area contributed by atoms with E-state index in [1.54, 1.807) is 6.92 Å². The smallest absolute Gasteiger partial charge is 0.322 e. The average Bonchev–Trinajstić information content (AvgIpc) is 2.87. The minimum atomic E-state index is -4.06. The van der Waals surface area contributed by atoms with E-state index in [0.717, 1.165) is 16.6 Å². The summed E-state index contributed by atoms with van der Waals surface area (Å²) < 4.78 is 49.6. The van der Waals surface area contributed by atoms with Crippen molar-refractivity contribution in [3.05, 3.63) is 23.8 Å². The second kappa shape index (κ2) is 5.64. The van der Waals surface area contributed by atoms with Crippen molar-refractivity contribution >= 4 is 25.8 Å². The molecule has 0 aromatic heterocycles. The van der Waals surface area contributed by atoms with Crippen LogP contribution < -0.4 is 0 Å². The van der Waals surface area contributed by atoms with Gasteiger partial charge in [0, 0.05) is 12.8 Å². The molecule has 9 heteroatoms. The fraction of sp³-hybridized carbons (Fsp3) is 0.462. The number of rotatable bonds is 4. The van der Waals surface area contributed by atoms with Gasteiger partial charge in [-0.2, -0.15) is 4.31 Å². The molecule has 0 saturated carbocycles. The molecule has 1 aromatic rings. The van der Waals surface area contributed by atoms with E-state index < -0.39 is 31.9 Å².